The van der Waals surface area contributed by atoms with Crippen LogP contribution in [0.1, 0.15) is 19.4 Å². The minimum Gasteiger partial charge on any atom is -0.278 e. The second-order valence-corrected chi connectivity index (χ2v) is 3.85. The van der Waals surface area contributed by atoms with E-state index in [1.807, 2.05) is 39.0 Å². The van der Waals surface area contributed by atoms with Gasteiger partial charge in [0.1, 0.15) is 0 Å². The smallest absolute Gasteiger partial charge is 0.0651 e. The van der Waals surface area contributed by atoms with Crippen LogP contribution in [0.4, 0.5) is 0 Å². The zero-order valence-electron chi connectivity index (χ0n) is 9.51. The molecule has 0 fully saturated rings. The highest BCUT2D eigenvalue weighted by atomic mass is 35.5. The van der Waals surface area contributed by atoms with Crippen LogP contribution in [0.15, 0.2) is 24.4 Å². The number of H-pyrrole nitrogens is 1. The fraction of sp³-hybridized carbons (Fsp3) is 0.250. The molecule has 2 rings (SSSR count). The summed E-state index contributed by atoms with van der Waals surface area (Å²) in [5, 5.41) is 8.07. The summed E-state index contributed by atoms with van der Waals surface area (Å²) < 4.78 is 0. The summed E-state index contributed by atoms with van der Waals surface area (Å²) in [5.74, 6) is 0. The molecule has 0 amide bonds. The first-order valence-corrected chi connectivity index (χ1v) is 5.89. The van der Waals surface area contributed by atoms with E-state index in [2.05, 4.69) is 10.2 Å². The van der Waals surface area contributed by atoms with Crippen molar-refractivity contribution in [3.8, 4) is 11.3 Å². The summed E-state index contributed by atoms with van der Waals surface area (Å²) in [6.45, 7) is 5.89. The Bertz CT molecular complexity index is 427. The average molecular weight is 257 g/mol. The normalized spacial score (nSPS) is 9.56. The first kappa shape index (κ1) is 13.1. The van der Waals surface area contributed by atoms with Crippen molar-refractivity contribution in [2.24, 2.45) is 0 Å². The first-order valence-electron chi connectivity index (χ1n) is 5.14. The molecule has 4 heteroatoms. The highest BCUT2D eigenvalue weighted by Gasteiger charge is 2.06. The van der Waals surface area contributed by atoms with Gasteiger partial charge in [-0.25, -0.2) is 0 Å². The van der Waals surface area contributed by atoms with Gasteiger partial charge in [-0.1, -0.05) is 37.0 Å². The Kier molecular flexibility index (Phi) is 4.84. The minimum atomic E-state index is 0.669. The summed E-state index contributed by atoms with van der Waals surface area (Å²) in [7, 11) is 0. The van der Waals surface area contributed by atoms with Crippen molar-refractivity contribution in [1.29, 1.82) is 0 Å². The molecule has 1 heterocycles. The van der Waals surface area contributed by atoms with Crippen LogP contribution in [0, 0.1) is 6.92 Å². The Morgan fingerprint density at radius 1 is 1.12 bits per heavy atom. The predicted molar refractivity (Wildman–Crippen MR) is 70.1 cm³/mol. The van der Waals surface area contributed by atoms with Gasteiger partial charge in [0.2, 0.25) is 0 Å². The Hall–Kier alpha value is -0.990. The van der Waals surface area contributed by atoms with Gasteiger partial charge < -0.3 is 0 Å². The van der Waals surface area contributed by atoms with Crippen LogP contribution in [-0.2, 0) is 0 Å². The van der Waals surface area contributed by atoms with Crippen LogP contribution in [-0.4, -0.2) is 10.2 Å². The van der Waals surface area contributed by atoms with Crippen molar-refractivity contribution < 1.29 is 0 Å². The van der Waals surface area contributed by atoms with Gasteiger partial charge in [0, 0.05) is 21.8 Å². The van der Waals surface area contributed by atoms with Gasteiger partial charge in [-0.3, -0.25) is 5.10 Å². The van der Waals surface area contributed by atoms with Crippen LogP contribution >= 0.6 is 23.2 Å². The topological polar surface area (TPSA) is 28.7 Å². The van der Waals surface area contributed by atoms with E-state index < -0.39 is 0 Å². The van der Waals surface area contributed by atoms with Gasteiger partial charge >= 0.3 is 0 Å². The third kappa shape index (κ3) is 2.77. The lowest BCUT2D eigenvalue weighted by molar-refractivity contribution is 1.09. The van der Waals surface area contributed by atoms with E-state index in [4.69, 9.17) is 23.2 Å². The number of hydrogen-bond donors (Lipinski definition) is 1. The number of aromatic amines is 1. The number of hydrogen-bond acceptors (Lipinski definition) is 1. The highest BCUT2D eigenvalue weighted by molar-refractivity contribution is 6.36. The SMILES string of the molecule is CC.Cc1c(Cl)cc(-c2ccn[nH]2)cc1Cl. The van der Waals surface area contributed by atoms with Crippen LogP contribution in [0.3, 0.4) is 0 Å². The molecule has 1 aromatic heterocycles. The molecule has 1 aromatic carbocycles. The number of nitrogens with zero attached hydrogens (tertiary/aromatic N) is 1. The monoisotopic (exact) mass is 256 g/mol. The maximum absolute atomic E-state index is 6.02. The molecule has 0 saturated heterocycles. The molecule has 0 spiro atoms. The fourth-order valence-corrected chi connectivity index (χ4v) is 1.70. The van der Waals surface area contributed by atoms with Crippen LogP contribution in [0.2, 0.25) is 10.0 Å². The number of halogens is 2. The molecule has 0 unspecified atom stereocenters. The summed E-state index contributed by atoms with van der Waals surface area (Å²) >= 11 is 12.0. The number of nitrogens with one attached hydrogen (secondary N) is 1. The molecule has 0 radical (unpaired) electrons. The Balaban J connectivity index is 0.000000606. The van der Waals surface area contributed by atoms with Gasteiger partial charge in [0.05, 0.1) is 5.69 Å². The lowest BCUT2D eigenvalue weighted by atomic mass is 10.1. The van der Waals surface area contributed by atoms with E-state index >= 15 is 0 Å². The van der Waals surface area contributed by atoms with Crippen LogP contribution < -0.4 is 0 Å². The van der Waals surface area contributed by atoms with Crippen molar-refractivity contribution in [3.05, 3.63) is 40.0 Å². The summed E-state index contributed by atoms with van der Waals surface area (Å²) in [4.78, 5) is 0. The molecule has 1 N–H and O–H groups in total. The zero-order chi connectivity index (χ0) is 12.1. The summed E-state index contributed by atoms with van der Waals surface area (Å²) in [6.07, 6.45) is 1.69. The summed E-state index contributed by atoms with van der Waals surface area (Å²) in [5.41, 5.74) is 2.76. The molecular formula is C12H14Cl2N2. The number of rotatable bonds is 1. The third-order valence-corrected chi connectivity index (χ3v) is 2.88. The zero-order valence-corrected chi connectivity index (χ0v) is 11.0. The maximum Gasteiger partial charge on any atom is 0.0651 e. The lowest BCUT2D eigenvalue weighted by Crippen LogP contribution is -1.83. The van der Waals surface area contributed by atoms with Gasteiger partial charge in [-0.05, 0) is 30.7 Å². The van der Waals surface area contributed by atoms with Crippen molar-refractivity contribution in [1.82, 2.24) is 10.2 Å². The van der Waals surface area contributed by atoms with Crippen LogP contribution in [0.5, 0.6) is 0 Å². The minimum absolute atomic E-state index is 0.669. The van der Waals surface area contributed by atoms with E-state index in [0.717, 1.165) is 16.8 Å². The van der Waals surface area contributed by atoms with E-state index in [0.29, 0.717) is 10.0 Å². The molecule has 0 bridgehead atoms. The van der Waals surface area contributed by atoms with Crippen molar-refractivity contribution >= 4 is 23.2 Å². The lowest BCUT2D eigenvalue weighted by Gasteiger charge is -2.04. The quantitative estimate of drug-likeness (QED) is 0.786. The largest absolute Gasteiger partial charge is 0.278 e. The molecule has 0 atom stereocenters. The fourth-order valence-electron chi connectivity index (χ4n) is 1.22. The standard InChI is InChI=1S/C10H8Cl2N2.C2H6/c1-6-8(11)4-7(5-9(6)12)10-2-3-13-14-10;1-2/h2-5H,1H3,(H,13,14);1-2H3. The van der Waals surface area contributed by atoms with Crippen molar-refractivity contribution in [2.75, 3.05) is 0 Å². The number of aromatic nitrogens is 2. The van der Waals surface area contributed by atoms with Crippen molar-refractivity contribution in [2.45, 2.75) is 20.8 Å². The van der Waals surface area contributed by atoms with Crippen LogP contribution in [0.25, 0.3) is 11.3 Å². The van der Waals surface area contributed by atoms with Gasteiger partial charge in [-0.2, -0.15) is 5.10 Å². The molecule has 0 saturated carbocycles. The predicted octanol–water partition coefficient (Wildman–Crippen LogP) is 4.72. The molecule has 86 valence electrons. The second-order valence-electron chi connectivity index (χ2n) is 3.04. The Morgan fingerprint density at radius 2 is 1.69 bits per heavy atom. The van der Waals surface area contributed by atoms with Gasteiger partial charge in [0.25, 0.3) is 0 Å². The molecule has 16 heavy (non-hydrogen) atoms. The van der Waals surface area contributed by atoms with E-state index in [1.54, 1.807) is 6.20 Å². The van der Waals surface area contributed by atoms with E-state index in [9.17, 15) is 0 Å². The van der Waals surface area contributed by atoms with Crippen molar-refractivity contribution in [3.63, 3.8) is 0 Å². The molecule has 0 aliphatic carbocycles. The number of benzene rings is 1. The molecular weight excluding hydrogens is 243 g/mol. The third-order valence-electron chi connectivity index (χ3n) is 2.09. The molecule has 2 aromatic rings. The van der Waals surface area contributed by atoms with E-state index in [-0.39, 0.29) is 0 Å². The van der Waals surface area contributed by atoms with E-state index in [1.165, 1.54) is 0 Å². The van der Waals surface area contributed by atoms with Gasteiger partial charge in [-0.15, -0.1) is 0 Å². The maximum atomic E-state index is 6.02. The molecule has 2 nitrogen and oxygen atoms in total. The highest BCUT2D eigenvalue weighted by Crippen LogP contribution is 2.29. The molecule has 0 aliphatic heterocycles. The first-order chi connectivity index (χ1) is 7.68. The second kappa shape index (κ2) is 5.92. The Labute approximate surface area is 106 Å². The summed E-state index contributed by atoms with van der Waals surface area (Å²) in [6, 6.07) is 5.61. The average Bonchev–Trinajstić information content (AvgIpc) is 2.81. The molecule has 0 aliphatic rings. The van der Waals surface area contributed by atoms with Gasteiger partial charge in [0.15, 0.2) is 0 Å². The Morgan fingerprint density at radius 3 is 2.12 bits per heavy atom.